The summed E-state index contributed by atoms with van der Waals surface area (Å²) in [6.45, 7) is 0. The minimum atomic E-state index is -1.16. The summed E-state index contributed by atoms with van der Waals surface area (Å²) in [4.78, 5) is 24.9. The van der Waals surface area contributed by atoms with Crippen LogP contribution in [0.1, 0.15) is 32.5 Å². The number of nitrogens with one attached hydrogen (secondary N) is 1. The van der Waals surface area contributed by atoms with Crippen molar-refractivity contribution < 1.29 is 23.5 Å². The van der Waals surface area contributed by atoms with Gasteiger partial charge in [-0.3, -0.25) is 4.79 Å². The van der Waals surface area contributed by atoms with Crippen LogP contribution in [0.5, 0.6) is 0 Å². The van der Waals surface area contributed by atoms with Gasteiger partial charge in [-0.15, -0.1) is 11.3 Å². The Morgan fingerprint density at radius 2 is 1.82 bits per heavy atom. The molecule has 2 heterocycles. The normalized spacial score (nSPS) is 15.8. The second kappa shape index (κ2) is 7.00. The topological polar surface area (TPSA) is 66.4 Å². The lowest BCUT2D eigenvalue weighted by atomic mass is 9.88. The second-order valence-corrected chi connectivity index (χ2v) is 7.79. The van der Waals surface area contributed by atoms with Gasteiger partial charge in [0.15, 0.2) is 0 Å². The quantitative estimate of drug-likeness (QED) is 0.587. The fourth-order valence-corrected chi connectivity index (χ4v) is 4.90. The number of rotatable bonds is 3. The Hall–Kier alpha value is -2.77. The standard InChI is InChI=1S/C20H12ClF2NO3S/c21-14-7-11(23)5-6-12(14)13-8-15(25)24-17-16(9-1-3-10(22)4-2-9)19(20(26)27)28-18(13)17/h1-7,13H,8H2,(H,24,25)(H,26,27)/t13-/m1/s1. The largest absolute Gasteiger partial charge is 0.477 e. The smallest absolute Gasteiger partial charge is 0.346 e. The lowest BCUT2D eigenvalue weighted by Gasteiger charge is -2.24. The van der Waals surface area contributed by atoms with E-state index < -0.39 is 23.5 Å². The number of fused-ring (bicyclic) bond motifs is 1. The molecular weight excluding hydrogens is 408 g/mol. The molecule has 1 atom stereocenters. The number of aromatic carboxylic acids is 1. The predicted octanol–water partition coefficient (Wildman–Crippen LogP) is 5.52. The molecule has 3 aromatic rings. The number of amides is 1. The van der Waals surface area contributed by atoms with Crippen molar-refractivity contribution in [1.82, 2.24) is 0 Å². The average Bonchev–Trinajstić information content (AvgIpc) is 3.01. The Labute approximate surface area is 167 Å². The monoisotopic (exact) mass is 419 g/mol. The zero-order chi connectivity index (χ0) is 20.0. The van der Waals surface area contributed by atoms with Crippen molar-refractivity contribution in [2.45, 2.75) is 12.3 Å². The molecule has 4 nitrogen and oxygen atoms in total. The number of thiophene rings is 1. The number of benzene rings is 2. The van der Waals surface area contributed by atoms with Crippen LogP contribution in [0.25, 0.3) is 11.1 Å². The van der Waals surface area contributed by atoms with Crippen molar-refractivity contribution in [2.24, 2.45) is 0 Å². The van der Waals surface area contributed by atoms with Crippen molar-refractivity contribution in [3.63, 3.8) is 0 Å². The van der Waals surface area contributed by atoms with E-state index in [0.717, 1.165) is 17.4 Å². The number of hydrogen-bond acceptors (Lipinski definition) is 3. The maximum Gasteiger partial charge on any atom is 0.346 e. The van der Waals surface area contributed by atoms with E-state index in [0.29, 0.717) is 27.3 Å². The van der Waals surface area contributed by atoms with Gasteiger partial charge in [0.1, 0.15) is 16.5 Å². The van der Waals surface area contributed by atoms with E-state index in [1.54, 1.807) is 0 Å². The van der Waals surface area contributed by atoms with E-state index in [9.17, 15) is 23.5 Å². The zero-order valence-corrected chi connectivity index (χ0v) is 15.7. The van der Waals surface area contributed by atoms with Crippen LogP contribution in [0.2, 0.25) is 5.02 Å². The number of carbonyl (C=O) groups is 2. The summed E-state index contributed by atoms with van der Waals surface area (Å²) >= 11 is 7.22. The highest BCUT2D eigenvalue weighted by atomic mass is 35.5. The Bertz CT molecular complexity index is 1110. The van der Waals surface area contributed by atoms with Gasteiger partial charge >= 0.3 is 5.97 Å². The first kappa shape index (κ1) is 18.6. The second-order valence-electron chi connectivity index (χ2n) is 6.33. The van der Waals surface area contributed by atoms with Crippen LogP contribution >= 0.6 is 22.9 Å². The highest BCUT2D eigenvalue weighted by molar-refractivity contribution is 7.15. The molecule has 1 aliphatic heterocycles. The molecule has 8 heteroatoms. The first-order valence-corrected chi connectivity index (χ1v) is 9.45. The number of carbonyl (C=O) groups excluding carboxylic acids is 1. The summed E-state index contributed by atoms with van der Waals surface area (Å²) in [5.74, 6) is -2.93. The molecular formula is C20H12ClF2NO3S. The molecule has 1 aliphatic rings. The van der Waals surface area contributed by atoms with Gasteiger partial charge in [-0.1, -0.05) is 29.8 Å². The Morgan fingerprint density at radius 1 is 1.14 bits per heavy atom. The molecule has 2 aromatic carbocycles. The van der Waals surface area contributed by atoms with Crippen molar-refractivity contribution in [2.75, 3.05) is 5.32 Å². The van der Waals surface area contributed by atoms with Crippen molar-refractivity contribution >= 4 is 40.5 Å². The summed E-state index contributed by atoms with van der Waals surface area (Å²) < 4.78 is 26.8. The molecule has 0 unspecified atom stereocenters. The van der Waals surface area contributed by atoms with Crippen molar-refractivity contribution in [3.05, 3.63) is 74.4 Å². The Morgan fingerprint density at radius 3 is 2.46 bits per heavy atom. The molecule has 1 aromatic heterocycles. The third-order valence-corrected chi connectivity index (χ3v) is 6.19. The maximum absolute atomic E-state index is 13.4. The first-order chi connectivity index (χ1) is 13.3. The lowest BCUT2D eigenvalue weighted by Crippen LogP contribution is -2.22. The molecule has 0 bridgehead atoms. The first-order valence-electron chi connectivity index (χ1n) is 8.26. The van der Waals surface area contributed by atoms with Gasteiger partial charge in [-0.2, -0.15) is 0 Å². The molecule has 1 amide bonds. The van der Waals surface area contributed by atoms with Gasteiger partial charge in [0.2, 0.25) is 5.91 Å². The minimum absolute atomic E-state index is 0.0297. The van der Waals surface area contributed by atoms with Crippen LogP contribution in [-0.2, 0) is 4.79 Å². The van der Waals surface area contributed by atoms with Crippen LogP contribution in [0.15, 0.2) is 42.5 Å². The van der Waals surface area contributed by atoms with E-state index in [1.807, 2.05) is 0 Å². The fraction of sp³-hybridized carbons (Fsp3) is 0.100. The summed E-state index contributed by atoms with van der Waals surface area (Å²) in [7, 11) is 0. The molecule has 0 aliphatic carbocycles. The number of anilines is 1. The SMILES string of the molecule is O=C1C[C@H](c2ccc(F)cc2Cl)c2sc(C(=O)O)c(-c3ccc(F)cc3)c2N1. The van der Waals surface area contributed by atoms with Gasteiger partial charge in [0.05, 0.1) is 5.69 Å². The number of hydrogen-bond donors (Lipinski definition) is 2. The van der Waals surface area contributed by atoms with Gasteiger partial charge in [-0.05, 0) is 35.4 Å². The number of carboxylic acid groups (broad SMARTS) is 1. The third-order valence-electron chi connectivity index (χ3n) is 4.57. The number of carboxylic acids is 1. The lowest BCUT2D eigenvalue weighted by molar-refractivity contribution is -0.116. The predicted molar refractivity (Wildman–Crippen MR) is 103 cm³/mol. The molecule has 0 fully saturated rings. The van der Waals surface area contributed by atoms with E-state index in [1.165, 1.54) is 36.4 Å². The average molecular weight is 420 g/mol. The van der Waals surface area contributed by atoms with Gasteiger partial charge in [0, 0.05) is 27.8 Å². The van der Waals surface area contributed by atoms with E-state index >= 15 is 0 Å². The van der Waals surface area contributed by atoms with Crippen LogP contribution in [0, 0.1) is 11.6 Å². The van der Waals surface area contributed by atoms with Crippen LogP contribution < -0.4 is 5.32 Å². The molecule has 142 valence electrons. The molecule has 0 saturated heterocycles. The van der Waals surface area contributed by atoms with Crippen molar-refractivity contribution in [1.29, 1.82) is 0 Å². The Balaban J connectivity index is 1.94. The van der Waals surface area contributed by atoms with Gasteiger partial charge < -0.3 is 10.4 Å². The van der Waals surface area contributed by atoms with Crippen LogP contribution in [0.4, 0.5) is 14.5 Å². The summed E-state index contributed by atoms with van der Waals surface area (Å²) in [5.41, 5.74) is 1.71. The summed E-state index contributed by atoms with van der Waals surface area (Å²) in [5, 5.41) is 12.6. The fourth-order valence-electron chi connectivity index (χ4n) is 3.36. The van der Waals surface area contributed by atoms with Crippen molar-refractivity contribution in [3.8, 4) is 11.1 Å². The maximum atomic E-state index is 13.4. The third kappa shape index (κ3) is 3.16. The van der Waals surface area contributed by atoms with E-state index in [-0.39, 0.29) is 22.2 Å². The molecule has 4 rings (SSSR count). The van der Waals surface area contributed by atoms with E-state index in [2.05, 4.69) is 5.32 Å². The molecule has 0 radical (unpaired) electrons. The summed E-state index contributed by atoms with van der Waals surface area (Å²) in [6.07, 6.45) is 0.0563. The summed E-state index contributed by atoms with van der Waals surface area (Å²) in [6, 6.07) is 9.29. The zero-order valence-electron chi connectivity index (χ0n) is 14.1. The minimum Gasteiger partial charge on any atom is -0.477 e. The molecule has 2 N–H and O–H groups in total. The van der Waals surface area contributed by atoms with E-state index in [4.69, 9.17) is 11.6 Å². The van der Waals surface area contributed by atoms with Crippen LogP contribution in [-0.4, -0.2) is 17.0 Å². The Kier molecular flexibility index (Phi) is 4.64. The molecule has 28 heavy (non-hydrogen) atoms. The highest BCUT2D eigenvalue weighted by Crippen LogP contribution is 2.50. The van der Waals surface area contributed by atoms with Gasteiger partial charge in [-0.25, -0.2) is 13.6 Å². The number of halogens is 3. The van der Waals surface area contributed by atoms with Crippen LogP contribution in [0.3, 0.4) is 0 Å². The van der Waals surface area contributed by atoms with Gasteiger partial charge in [0.25, 0.3) is 0 Å². The molecule has 0 saturated carbocycles. The molecule has 0 spiro atoms. The highest BCUT2D eigenvalue weighted by Gasteiger charge is 2.35.